The van der Waals surface area contributed by atoms with Gasteiger partial charge in [0, 0.05) is 19.9 Å². The fourth-order valence-electron chi connectivity index (χ4n) is 0.955. The Kier molecular flexibility index (Phi) is 2.84. The lowest BCUT2D eigenvalue weighted by Crippen LogP contribution is -1.98. The van der Waals surface area contributed by atoms with Crippen molar-refractivity contribution in [2.45, 2.75) is 19.3 Å². The van der Waals surface area contributed by atoms with Crippen LogP contribution in [0.25, 0.3) is 0 Å². The van der Waals surface area contributed by atoms with Crippen LogP contribution in [0.15, 0.2) is 0 Å². The molecule has 0 aliphatic rings. The molecule has 1 heterocycles. The molecule has 0 unspecified atom stereocenters. The zero-order valence-electron chi connectivity index (χ0n) is 7.40. The van der Waals surface area contributed by atoms with Gasteiger partial charge in [-0.1, -0.05) is 0 Å². The second-order valence-corrected chi connectivity index (χ2v) is 2.76. The highest BCUT2D eigenvalue weighted by molar-refractivity contribution is 5.66. The van der Waals surface area contributed by atoms with Gasteiger partial charge in [-0.3, -0.25) is 4.79 Å². The molecule has 0 aromatic carbocycles. The Balaban J connectivity index is 2.41. The van der Waals surface area contributed by atoms with Gasteiger partial charge in [-0.15, -0.1) is 0 Å². The van der Waals surface area contributed by atoms with E-state index in [2.05, 4.69) is 10.1 Å². The van der Waals surface area contributed by atoms with E-state index in [4.69, 9.17) is 10.8 Å². The van der Waals surface area contributed by atoms with Crippen LogP contribution in [0.1, 0.15) is 18.7 Å². The number of nitrogens with zero attached hydrogens (tertiary/aromatic N) is 3. The Labute approximate surface area is 75.4 Å². The predicted octanol–water partition coefficient (Wildman–Crippen LogP) is -0.195. The van der Waals surface area contributed by atoms with Crippen molar-refractivity contribution in [3.8, 4) is 0 Å². The zero-order chi connectivity index (χ0) is 9.84. The third-order valence-corrected chi connectivity index (χ3v) is 1.63. The minimum absolute atomic E-state index is 0.137. The molecule has 0 saturated heterocycles. The topological polar surface area (TPSA) is 94.0 Å². The number of carbonyl (C=O) groups is 1. The molecule has 1 aromatic rings. The predicted molar refractivity (Wildman–Crippen MR) is 46.0 cm³/mol. The largest absolute Gasteiger partial charge is 0.481 e. The SMILES string of the molecule is Cn1nc(CCCC(=O)O)nc1N. The Hall–Kier alpha value is -1.59. The fourth-order valence-corrected chi connectivity index (χ4v) is 0.955. The third-order valence-electron chi connectivity index (χ3n) is 1.63. The molecule has 0 spiro atoms. The second-order valence-electron chi connectivity index (χ2n) is 2.76. The molecule has 0 bridgehead atoms. The summed E-state index contributed by atoms with van der Waals surface area (Å²) in [6.45, 7) is 0. The maximum Gasteiger partial charge on any atom is 0.303 e. The normalized spacial score (nSPS) is 10.2. The van der Waals surface area contributed by atoms with E-state index in [1.54, 1.807) is 7.05 Å². The van der Waals surface area contributed by atoms with Crippen LogP contribution in [0.2, 0.25) is 0 Å². The maximum atomic E-state index is 10.2. The van der Waals surface area contributed by atoms with E-state index < -0.39 is 5.97 Å². The molecule has 6 nitrogen and oxygen atoms in total. The van der Waals surface area contributed by atoms with Crippen molar-refractivity contribution in [2.75, 3.05) is 5.73 Å². The quantitative estimate of drug-likeness (QED) is 0.676. The van der Waals surface area contributed by atoms with Crippen LogP contribution in [0.4, 0.5) is 5.95 Å². The average Bonchev–Trinajstić information content (AvgIpc) is 2.30. The highest BCUT2D eigenvalue weighted by atomic mass is 16.4. The van der Waals surface area contributed by atoms with Crippen LogP contribution >= 0.6 is 0 Å². The first-order valence-corrected chi connectivity index (χ1v) is 3.97. The molecule has 0 radical (unpaired) electrons. The first-order valence-electron chi connectivity index (χ1n) is 3.97. The molecular formula is C7H12N4O2. The van der Waals surface area contributed by atoms with Crippen molar-refractivity contribution in [3.63, 3.8) is 0 Å². The minimum atomic E-state index is -0.802. The zero-order valence-corrected chi connectivity index (χ0v) is 7.40. The highest BCUT2D eigenvalue weighted by Crippen LogP contribution is 2.02. The highest BCUT2D eigenvalue weighted by Gasteiger charge is 2.04. The number of carboxylic acids is 1. The van der Waals surface area contributed by atoms with E-state index in [1.807, 2.05) is 0 Å². The molecule has 72 valence electrons. The molecule has 0 saturated carbocycles. The van der Waals surface area contributed by atoms with Gasteiger partial charge in [0.15, 0.2) is 5.82 Å². The average molecular weight is 184 g/mol. The number of nitrogen functional groups attached to an aromatic ring is 1. The first-order chi connectivity index (χ1) is 6.09. The van der Waals surface area contributed by atoms with Crippen LogP contribution < -0.4 is 5.73 Å². The van der Waals surface area contributed by atoms with Gasteiger partial charge in [0.25, 0.3) is 0 Å². The number of nitrogens with two attached hydrogens (primary N) is 1. The maximum absolute atomic E-state index is 10.2. The van der Waals surface area contributed by atoms with Crippen LogP contribution in [-0.2, 0) is 18.3 Å². The summed E-state index contributed by atoms with van der Waals surface area (Å²) >= 11 is 0. The Bertz CT molecular complexity index is 288. The van der Waals surface area contributed by atoms with Gasteiger partial charge in [-0.25, -0.2) is 4.68 Å². The Morgan fingerprint density at radius 3 is 2.85 bits per heavy atom. The molecule has 13 heavy (non-hydrogen) atoms. The Morgan fingerprint density at radius 1 is 1.69 bits per heavy atom. The van der Waals surface area contributed by atoms with E-state index in [9.17, 15) is 4.79 Å². The summed E-state index contributed by atoms with van der Waals surface area (Å²) in [6, 6.07) is 0. The molecule has 0 aliphatic carbocycles. The monoisotopic (exact) mass is 184 g/mol. The smallest absolute Gasteiger partial charge is 0.303 e. The van der Waals surface area contributed by atoms with E-state index in [0.717, 1.165) is 0 Å². The van der Waals surface area contributed by atoms with Gasteiger partial charge in [-0.05, 0) is 6.42 Å². The van der Waals surface area contributed by atoms with Crippen LogP contribution in [-0.4, -0.2) is 25.8 Å². The van der Waals surface area contributed by atoms with E-state index in [-0.39, 0.29) is 6.42 Å². The molecule has 1 aromatic heterocycles. The lowest BCUT2D eigenvalue weighted by atomic mass is 10.2. The van der Waals surface area contributed by atoms with Crippen molar-refractivity contribution >= 4 is 11.9 Å². The van der Waals surface area contributed by atoms with Crippen molar-refractivity contribution in [1.82, 2.24) is 14.8 Å². The van der Waals surface area contributed by atoms with Crippen LogP contribution in [0, 0.1) is 0 Å². The molecule has 0 fully saturated rings. The number of hydrogen-bond donors (Lipinski definition) is 2. The number of aryl methyl sites for hydroxylation is 2. The lowest BCUT2D eigenvalue weighted by Gasteiger charge is -1.91. The minimum Gasteiger partial charge on any atom is -0.481 e. The van der Waals surface area contributed by atoms with Crippen molar-refractivity contribution < 1.29 is 9.90 Å². The van der Waals surface area contributed by atoms with Crippen molar-refractivity contribution in [1.29, 1.82) is 0 Å². The second kappa shape index (κ2) is 3.88. The number of rotatable bonds is 4. The van der Waals surface area contributed by atoms with Crippen LogP contribution in [0.3, 0.4) is 0 Å². The van der Waals surface area contributed by atoms with Gasteiger partial charge < -0.3 is 10.8 Å². The summed E-state index contributed by atoms with van der Waals surface area (Å²) in [5, 5.41) is 12.4. The summed E-state index contributed by atoms with van der Waals surface area (Å²) in [7, 11) is 1.70. The van der Waals surface area contributed by atoms with E-state index in [1.165, 1.54) is 4.68 Å². The number of carboxylic acid groups (broad SMARTS) is 1. The van der Waals surface area contributed by atoms with Gasteiger partial charge in [-0.2, -0.15) is 10.1 Å². The molecule has 0 amide bonds. The van der Waals surface area contributed by atoms with Gasteiger partial charge in [0.05, 0.1) is 0 Å². The fraction of sp³-hybridized carbons (Fsp3) is 0.571. The summed E-state index contributed by atoms with van der Waals surface area (Å²) in [5.41, 5.74) is 5.45. The first kappa shape index (κ1) is 9.50. The summed E-state index contributed by atoms with van der Waals surface area (Å²) in [6.07, 6.45) is 1.23. The summed E-state index contributed by atoms with van der Waals surface area (Å²) in [5.74, 6) is 0.149. The molecule has 3 N–H and O–H groups in total. The molecular weight excluding hydrogens is 172 g/mol. The number of hydrogen-bond acceptors (Lipinski definition) is 4. The molecule has 0 atom stereocenters. The lowest BCUT2D eigenvalue weighted by molar-refractivity contribution is -0.137. The number of aliphatic carboxylic acids is 1. The summed E-state index contributed by atoms with van der Waals surface area (Å²) < 4.78 is 1.47. The van der Waals surface area contributed by atoms with Gasteiger partial charge in [0.1, 0.15) is 0 Å². The van der Waals surface area contributed by atoms with Gasteiger partial charge >= 0.3 is 5.97 Å². The van der Waals surface area contributed by atoms with E-state index in [0.29, 0.717) is 24.6 Å². The van der Waals surface area contributed by atoms with Crippen molar-refractivity contribution in [3.05, 3.63) is 5.82 Å². The third kappa shape index (κ3) is 2.73. The number of aromatic nitrogens is 3. The molecule has 6 heteroatoms. The molecule has 0 aliphatic heterocycles. The summed E-state index contributed by atoms with van der Waals surface area (Å²) in [4.78, 5) is 14.1. The molecule has 1 rings (SSSR count). The van der Waals surface area contributed by atoms with Crippen LogP contribution in [0.5, 0.6) is 0 Å². The standard InChI is InChI=1S/C7H12N4O2/c1-11-7(8)9-5(10-11)3-2-4-6(12)13/h2-4H2,1H3,(H,12,13)(H2,8,9,10). The van der Waals surface area contributed by atoms with Gasteiger partial charge in [0.2, 0.25) is 5.95 Å². The van der Waals surface area contributed by atoms with Crippen molar-refractivity contribution in [2.24, 2.45) is 7.05 Å². The van der Waals surface area contributed by atoms with E-state index >= 15 is 0 Å². The number of anilines is 1. The Morgan fingerprint density at radius 2 is 2.38 bits per heavy atom.